The molecule has 6 nitrogen and oxygen atoms in total. The number of benzene rings is 2. The Kier molecular flexibility index (Phi) is 6.80. The molecule has 2 aromatic rings. The normalized spacial score (nSPS) is 15.2. The van der Waals surface area contributed by atoms with Gasteiger partial charge in [0.2, 0.25) is 10.0 Å². The summed E-state index contributed by atoms with van der Waals surface area (Å²) in [6.45, 7) is 4.21. The van der Waals surface area contributed by atoms with Gasteiger partial charge in [-0.1, -0.05) is 12.5 Å². The number of sulfonamides is 1. The van der Waals surface area contributed by atoms with Crippen LogP contribution in [0.5, 0.6) is 11.5 Å². The zero-order valence-corrected chi connectivity index (χ0v) is 17.3. The molecule has 152 valence electrons. The fourth-order valence-corrected chi connectivity index (χ4v) is 4.78. The standard InChI is InChI=1S/C21H28N2O4S/c1-17-6-11-20(28(24,25)23-13-4-3-5-14-23)16-21(17)22-12-15-27-19-9-7-18(26-2)8-10-19/h6-11,16,22H,3-5,12-15H2,1-2H3. The lowest BCUT2D eigenvalue weighted by atomic mass is 10.2. The first-order valence-corrected chi connectivity index (χ1v) is 11.1. The maximum atomic E-state index is 12.9. The Hall–Kier alpha value is -2.25. The average molecular weight is 405 g/mol. The van der Waals surface area contributed by atoms with Crippen LogP contribution in [0.15, 0.2) is 47.4 Å². The van der Waals surface area contributed by atoms with E-state index in [1.54, 1.807) is 23.5 Å². The minimum Gasteiger partial charge on any atom is -0.497 e. The molecule has 3 rings (SSSR count). The molecule has 0 atom stereocenters. The van der Waals surface area contributed by atoms with E-state index in [-0.39, 0.29) is 0 Å². The molecule has 0 aliphatic carbocycles. The second-order valence-corrected chi connectivity index (χ2v) is 8.83. The number of piperidine rings is 1. The smallest absolute Gasteiger partial charge is 0.243 e. The van der Waals surface area contributed by atoms with Crippen molar-refractivity contribution >= 4 is 15.7 Å². The molecule has 0 spiro atoms. The van der Waals surface area contributed by atoms with E-state index in [1.807, 2.05) is 37.3 Å². The molecule has 0 unspecified atom stereocenters. The van der Waals surface area contributed by atoms with Crippen LogP contribution in [-0.2, 0) is 10.0 Å². The number of hydrogen-bond acceptors (Lipinski definition) is 5. The number of hydrogen-bond donors (Lipinski definition) is 1. The molecule has 2 aromatic carbocycles. The van der Waals surface area contributed by atoms with Gasteiger partial charge in [0.1, 0.15) is 18.1 Å². The highest BCUT2D eigenvalue weighted by Crippen LogP contribution is 2.25. The van der Waals surface area contributed by atoms with Crippen LogP contribution in [0, 0.1) is 6.92 Å². The van der Waals surface area contributed by atoms with Crippen molar-refractivity contribution in [2.75, 3.05) is 38.7 Å². The van der Waals surface area contributed by atoms with Gasteiger partial charge >= 0.3 is 0 Å². The molecule has 1 saturated heterocycles. The van der Waals surface area contributed by atoms with E-state index in [9.17, 15) is 8.42 Å². The summed E-state index contributed by atoms with van der Waals surface area (Å²) >= 11 is 0. The third-order valence-electron chi connectivity index (χ3n) is 4.91. The highest BCUT2D eigenvalue weighted by atomic mass is 32.2. The van der Waals surface area contributed by atoms with Crippen LogP contribution >= 0.6 is 0 Å². The molecule has 1 N–H and O–H groups in total. The van der Waals surface area contributed by atoms with E-state index in [0.29, 0.717) is 31.1 Å². The van der Waals surface area contributed by atoms with Crippen molar-refractivity contribution in [1.82, 2.24) is 4.31 Å². The third-order valence-corrected chi connectivity index (χ3v) is 6.80. The quantitative estimate of drug-likeness (QED) is 0.680. The van der Waals surface area contributed by atoms with E-state index in [0.717, 1.165) is 42.0 Å². The summed E-state index contributed by atoms with van der Waals surface area (Å²) in [5.74, 6) is 1.55. The molecule has 0 amide bonds. The molecule has 28 heavy (non-hydrogen) atoms. The minimum absolute atomic E-state index is 0.346. The summed E-state index contributed by atoms with van der Waals surface area (Å²) in [7, 11) is -1.80. The van der Waals surface area contributed by atoms with Crippen LogP contribution in [0.25, 0.3) is 0 Å². The number of ether oxygens (including phenoxy) is 2. The molecule has 0 aromatic heterocycles. The molecule has 0 bridgehead atoms. The summed E-state index contributed by atoms with van der Waals surface area (Å²) in [6, 6.07) is 12.7. The van der Waals surface area contributed by atoms with E-state index in [2.05, 4.69) is 5.32 Å². The van der Waals surface area contributed by atoms with Gasteiger partial charge in [-0.2, -0.15) is 4.31 Å². The molecule has 1 aliphatic heterocycles. The third kappa shape index (κ3) is 4.97. The van der Waals surface area contributed by atoms with Crippen molar-refractivity contribution in [3.8, 4) is 11.5 Å². The first-order chi connectivity index (χ1) is 13.5. The van der Waals surface area contributed by atoms with Crippen LogP contribution in [0.1, 0.15) is 24.8 Å². The Morgan fingerprint density at radius 3 is 2.36 bits per heavy atom. The van der Waals surface area contributed by atoms with Gasteiger partial charge in [0.15, 0.2) is 0 Å². The molecular weight excluding hydrogens is 376 g/mol. The van der Waals surface area contributed by atoms with Crippen molar-refractivity contribution in [1.29, 1.82) is 0 Å². The second-order valence-electron chi connectivity index (χ2n) is 6.89. The van der Waals surface area contributed by atoms with E-state index in [4.69, 9.17) is 9.47 Å². The fourth-order valence-electron chi connectivity index (χ4n) is 3.23. The van der Waals surface area contributed by atoms with Gasteiger partial charge in [-0.15, -0.1) is 0 Å². The lowest BCUT2D eigenvalue weighted by Gasteiger charge is -2.26. The summed E-state index contributed by atoms with van der Waals surface area (Å²) < 4.78 is 38.2. The lowest BCUT2D eigenvalue weighted by molar-refractivity contribution is 0.331. The maximum absolute atomic E-state index is 12.9. The lowest BCUT2D eigenvalue weighted by Crippen LogP contribution is -2.35. The van der Waals surface area contributed by atoms with Crippen molar-refractivity contribution in [3.05, 3.63) is 48.0 Å². The number of aryl methyl sites for hydroxylation is 1. The number of methoxy groups -OCH3 is 1. The summed E-state index contributed by atoms with van der Waals surface area (Å²) in [5, 5.41) is 3.29. The van der Waals surface area contributed by atoms with Gasteiger partial charge < -0.3 is 14.8 Å². The molecule has 7 heteroatoms. The van der Waals surface area contributed by atoms with Crippen molar-refractivity contribution < 1.29 is 17.9 Å². The topological polar surface area (TPSA) is 67.9 Å². The number of nitrogens with one attached hydrogen (secondary N) is 1. The zero-order valence-electron chi connectivity index (χ0n) is 16.5. The van der Waals surface area contributed by atoms with Gasteiger partial charge in [0.25, 0.3) is 0 Å². The van der Waals surface area contributed by atoms with E-state index >= 15 is 0 Å². The Morgan fingerprint density at radius 1 is 1.00 bits per heavy atom. The van der Waals surface area contributed by atoms with Crippen LogP contribution in [0.3, 0.4) is 0 Å². The van der Waals surface area contributed by atoms with Crippen molar-refractivity contribution in [2.45, 2.75) is 31.1 Å². The largest absolute Gasteiger partial charge is 0.497 e. The Morgan fingerprint density at radius 2 is 1.68 bits per heavy atom. The highest BCUT2D eigenvalue weighted by molar-refractivity contribution is 7.89. The number of nitrogens with zero attached hydrogens (tertiary/aromatic N) is 1. The molecule has 1 heterocycles. The average Bonchev–Trinajstić information content (AvgIpc) is 2.73. The number of rotatable bonds is 8. The first kappa shape index (κ1) is 20.5. The van der Waals surface area contributed by atoms with Gasteiger partial charge in [-0.3, -0.25) is 0 Å². The van der Waals surface area contributed by atoms with Crippen LogP contribution < -0.4 is 14.8 Å². The predicted molar refractivity (Wildman–Crippen MR) is 111 cm³/mol. The highest BCUT2D eigenvalue weighted by Gasteiger charge is 2.26. The second kappa shape index (κ2) is 9.30. The Bertz CT molecular complexity index is 876. The van der Waals surface area contributed by atoms with Crippen molar-refractivity contribution in [2.24, 2.45) is 0 Å². The van der Waals surface area contributed by atoms with Gasteiger partial charge in [0.05, 0.1) is 12.0 Å². The van der Waals surface area contributed by atoms with Crippen LogP contribution in [-0.4, -0.2) is 46.1 Å². The van der Waals surface area contributed by atoms with Gasteiger partial charge in [-0.05, 0) is 61.7 Å². The maximum Gasteiger partial charge on any atom is 0.243 e. The van der Waals surface area contributed by atoms with Crippen molar-refractivity contribution in [3.63, 3.8) is 0 Å². The van der Waals surface area contributed by atoms with E-state index < -0.39 is 10.0 Å². The zero-order chi connectivity index (χ0) is 20.0. The van der Waals surface area contributed by atoms with Gasteiger partial charge in [-0.25, -0.2) is 8.42 Å². The van der Waals surface area contributed by atoms with E-state index in [1.165, 1.54) is 0 Å². The monoisotopic (exact) mass is 404 g/mol. The molecule has 0 radical (unpaired) electrons. The van der Waals surface area contributed by atoms with Gasteiger partial charge in [0, 0.05) is 25.3 Å². The van der Waals surface area contributed by atoms with Crippen LogP contribution in [0.2, 0.25) is 0 Å². The fraction of sp³-hybridized carbons (Fsp3) is 0.429. The van der Waals surface area contributed by atoms with Crippen LogP contribution in [0.4, 0.5) is 5.69 Å². The molecular formula is C21H28N2O4S. The first-order valence-electron chi connectivity index (χ1n) is 9.62. The number of anilines is 1. The summed E-state index contributed by atoms with van der Waals surface area (Å²) in [5.41, 5.74) is 1.82. The Labute approximate surface area is 167 Å². The SMILES string of the molecule is COc1ccc(OCCNc2cc(S(=O)(=O)N3CCCCC3)ccc2C)cc1. The summed E-state index contributed by atoms with van der Waals surface area (Å²) in [6.07, 6.45) is 2.96. The summed E-state index contributed by atoms with van der Waals surface area (Å²) in [4.78, 5) is 0.346. The molecule has 1 aliphatic rings. The minimum atomic E-state index is -3.43. The molecule has 0 saturated carbocycles. The molecule has 1 fully saturated rings. The Balaban J connectivity index is 1.60. The predicted octanol–water partition coefficient (Wildman–Crippen LogP) is 3.67.